The summed E-state index contributed by atoms with van der Waals surface area (Å²) >= 11 is 1.85. The van der Waals surface area contributed by atoms with Crippen molar-refractivity contribution in [1.82, 2.24) is 0 Å². The van der Waals surface area contributed by atoms with Crippen molar-refractivity contribution in [3.8, 4) is 9.75 Å². The first kappa shape index (κ1) is 17.9. The molecule has 0 aromatic carbocycles. The fraction of sp³-hybridized carbons (Fsp3) is 0.429. The van der Waals surface area contributed by atoms with Gasteiger partial charge in [-0.05, 0) is 0 Å². The highest BCUT2D eigenvalue weighted by Gasteiger charge is 2.34. The van der Waals surface area contributed by atoms with Crippen LogP contribution >= 0.6 is 22.7 Å². The van der Waals surface area contributed by atoms with Gasteiger partial charge in [0.1, 0.15) is 0 Å². The molecule has 0 unspecified atom stereocenters. The zero-order valence-corrected chi connectivity index (χ0v) is 17.0. The van der Waals surface area contributed by atoms with Crippen molar-refractivity contribution in [3.05, 3.63) is 23.3 Å². The van der Waals surface area contributed by atoms with E-state index in [9.17, 15) is 17.6 Å². The first-order valence-corrected chi connectivity index (χ1v) is 15.5. The van der Waals surface area contributed by atoms with Crippen molar-refractivity contribution in [2.75, 3.05) is 0 Å². The van der Waals surface area contributed by atoms with Crippen LogP contribution in [0.5, 0.6) is 0 Å². The summed E-state index contributed by atoms with van der Waals surface area (Å²) < 4.78 is 57.5. The highest BCUT2D eigenvalue weighted by atomic mass is 32.1. The molecule has 0 fully saturated rings. The van der Waals surface area contributed by atoms with E-state index >= 15 is 0 Å². The van der Waals surface area contributed by atoms with Crippen molar-refractivity contribution >= 4 is 47.8 Å². The third kappa shape index (κ3) is 2.98. The minimum absolute atomic E-state index is 0.110. The smallest absolute Gasteiger partial charge is 0.178 e. The molecular formula is C14H18F4S2Si2. The molecule has 2 rings (SSSR count). The number of rotatable bonds is 3. The predicted octanol–water partition coefficient (Wildman–Crippen LogP) is 5.12. The van der Waals surface area contributed by atoms with Crippen LogP contribution in [0.2, 0.25) is 39.3 Å². The van der Waals surface area contributed by atoms with Gasteiger partial charge in [0.25, 0.3) is 0 Å². The fourth-order valence-electron chi connectivity index (χ4n) is 2.04. The Hall–Kier alpha value is -0.446. The molecule has 0 amide bonds. The topological polar surface area (TPSA) is 0 Å². The van der Waals surface area contributed by atoms with Gasteiger partial charge in [0.05, 0.1) is 25.9 Å². The molecule has 0 aliphatic carbocycles. The Morgan fingerprint density at radius 1 is 0.545 bits per heavy atom. The second-order valence-electron chi connectivity index (χ2n) is 7.28. The lowest BCUT2D eigenvalue weighted by Crippen LogP contribution is -2.37. The summed E-state index contributed by atoms with van der Waals surface area (Å²) in [4.78, 5) is -0.221. The normalized spacial score (nSPS) is 13.0. The lowest BCUT2D eigenvalue weighted by atomic mass is 10.3. The molecular weight excluding hydrogens is 364 g/mol. The lowest BCUT2D eigenvalue weighted by molar-refractivity contribution is 0.514. The van der Waals surface area contributed by atoms with E-state index in [1.54, 1.807) is 0 Å². The molecule has 0 spiro atoms. The monoisotopic (exact) mass is 382 g/mol. The van der Waals surface area contributed by atoms with Crippen LogP contribution in [0.4, 0.5) is 17.6 Å². The molecule has 0 N–H and O–H groups in total. The maximum Gasteiger partial charge on any atom is 0.178 e. The van der Waals surface area contributed by atoms with Crippen LogP contribution in [0.15, 0.2) is 0 Å². The van der Waals surface area contributed by atoms with Gasteiger partial charge in [0, 0.05) is 9.00 Å². The number of halogens is 4. The Labute approximate surface area is 137 Å². The van der Waals surface area contributed by atoms with Crippen LogP contribution < -0.4 is 9.00 Å². The van der Waals surface area contributed by atoms with E-state index in [1.807, 2.05) is 39.3 Å². The Balaban J connectivity index is 2.69. The van der Waals surface area contributed by atoms with E-state index in [4.69, 9.17) is 0 Å². The minimum atomic E-state index is -2.08. The molecule has 0 saturated carbocycles. The maximum absolute atomic E-state index is 14.2. The summed E-state index contributed by atoms with van der Waals surface area (Å²) in [6.07, 6.45) is 0. The Kier molecular flexibility index (Phi) is 4.53. The summed E-state index contributed by atoms with van der Waals surface area (Å²) in [5.41, 5.74) is 0. The molecule has 8 heteroatoms. The van der Waals surface area contributed by atoms with Crippen LogP contribution in [-0.4, -0.2) is 16.1 Å². The summed E-state index contributed by atoms with van der Waals surface area (Å²) in [6, 6.07) is 0. The van der Waals surface area contributed by atoms with Gasteiger partial charge in [0.2, 0.25) is 0 Å². The van der Waals surface area contributed by atoms with Gasteiger partial charge in [-0.15, -0.1) is 22.7 Å². The van der Waals surface area contributed by atoms with Crippen LogP contribution in [0.25, 0.3) is 9.75 Å². The highest BCUT2D eigenvalue weighted by Crippen LogP contribution is 2.37. The second-order valence-corrected chi connectivity index (χ2v) is 20.0. The molecule has 22 heavy (non-hydrogen) atoms. The minimum Gasteiger partial charge on any atom is -0.203 e. The van der Waals surface area contributed by atoms with Gasteiger partial charge >= 0.3 is 0 Å². The molecule has 0 aliphatic rings. The number of hydrogen-bond acceptors (Lipinski definition) is 2. The van der Waals surface area contributed by atoms with Crippen LogP contribution in [0, 0.1) is 23.3 Å². The lowest BCUT2D eigenvalue weighted by Gasteiger charge is -2.12. The SMILES string of the molecule is C[Si](C)(C)c1sc(-c2sc([Si](C)(C)C)c(F)c2F)c(F)c1F. The van der Waals surface area contributed by atoms with E-state index in [0.717, 1.165) is 22.7 Å². The summed E-state index contributed by atoms with van der Waals surface area (Å²) in [7, 11) is -4.16. The number of hydrogen-bond donors (Lipinski definition) is 0. The van der Waals surface area contributed by atoms with Crippen LogP contribution in [0.3, 0.4) is 0 Å². The zero-order chi connectivity index (χ0) is 17.0. The third-order valence-electron chi connectivity index (χ3n) is 3.16. The van der Waals surface area contributed by atoms with E-state index in [1.165, 1.54) is 0 Å². The largest absolute Gasteiger partial charge is 0.203 e. The Morgan fingerprint density at radius 2 is 0.818 bits per heavy atom. The maximum atomic E-state index is 14.2. The van der Waals surface area contributed by atoms with Crippen LogP contribution in [0.1, 0.15) is 0 Å². The van der Waals surface area contributed by atoms with Gasteiger partial charge in [-0.2, -0.15) is 0 Å². The summed E-state index contributed by atoms with van der Waals surface area (Å²) in [5.74, 6) is -3.90. The van der Waals surface area contributed by atoms with Crippen LogP contribution in [-0.2, 0) is 0 Å². The van der Waals surface area contributed by atoms with Gasteiger partial charge < -0.3 is 0 Å². The highest BCUT2D eigenvalue weighted by molar-refractivity contribution is 7.33. The van der Waals surface area contributed by atoms with Crippen molar-refractivity contribution in [3.63, 3.8) is 0 Å². The Bertz CT molecular complexity index is 658. The zero-order valence-electron chi connectivity index (χ0n) is 13.3. The predicted molar refractivity (Wildman–Crippen MR) is 93.4 cm³/mol. The molecule has 122 valence electrons. The molecule has 0 aliphatic heterocycles. The van der Waals surface area contributed by atoms with Crippen molar-refractivity contribution in [1.29, 1.82) is 0 Å². The van der Waals surface area contributed by atoms with Gasteiger partial charge in [-0.25, -0.2) is 17.6 Å². The second kappa shape index (κ2) is 5.57. The van der Waals surface area contributed by atoms with Gasteiger partial charge in [0.15, 0.2) is 23.3 Å². The first-order valence-electron chi connectivity index (χ1n) is 6.82. The molecule has 0 atom stereocenters. The van der Waals surface area contributed by atoms with Gasteiger partial charge in [-0.1, -0.05) is 39.3 Å². The quantitative estimate of drug-likeness (QED) is 0.510. The summed E-state index contributed by atoms with van der Waals surface area (Å²) in [6.45, 7) is 11.4. The number of thiophene rings is 2. The summed E-state index contributed by atoms with van der Waals surface area (Å²) in [5, 5.41) is 0. The van der Waals surface area contributed by atoms with Gasteiger partial charge in [-0.3, -0.25) is 0 Å². The van der Waals surface area contributed by atoms with E-state index in [2.05, 4.69) is 0 Å². The average molecular weight is 383 g/mol. The van der Waals surface area contributed by atoms with E-state index < -0.39 is 39.4 Å². The molecule has 0 nitrogen and oxygen atoms in total. The van der Waals surface area contributed by atoms with Crippen molar-refractivity contribution in [2.24, 2.45) is 0 Å². The third-order valence-corrected chi connectivity index (χ3v) is 12.7. The molecule has 2 aromatic rings. The van der Waals surface area contributed by atoms with E-state index in [0.29, 0.717) is 9.00 Å². The molecule has 0 radical (unpaired) electrons. The van der Waals surface area contributed by atoms with Crippen molar-refractivity contribution in [2.45, 2.75) is 39.3 Å². The first-order chi connectivity index (χ1) is 9.85. The molecule has 2 heterocycles. The molecule has 2 aromatic heterocycles. The fourth-order valence-corrected chi connectivity index (χ4v) is 8.38. The molecule has 0 bridgehead atoms. The van der Waals surface area contributed by atoms with E-state index in [-0.39, 0.29) is 9.75 Å². The molecule has 0 saturated heterocycles. The average Bonchev–Trinajstić information content (AvgIpc) is 2.80. The standard InChI is InChI=1S/C14H18F4S2Si2/c1-21(2,3)13-9(17)7(15)11(19-13)12-8(16)10(18)14(20-12)22(4,5)6/h1-6H3. The Morgan fingerprint density at radius 3 is 1.00 bits per heavy atom. The van der Waals surface area contributed by atoms with Crippen molar-refractivity contribution < 1.29 is 17.6 Å².